The number of hydrogen-bond acceptors (Lipinski definition) is 4. The number of ether oxygens (including phenoxy) is 2. The van der Waals surface area contributed by atoms with Gasteiger partial charge in [-0.15, -0.1) is 0 Å². The van der Waals surface area contributed by atoms with E-state index in [0.29, 0.717) is 6.54 Å². The summed E-state index contributed by atoms with van der Waals surface area (Å²) >= 11 is 0. The number of hydrogen-bond donors (Lipinski definition) is 2. The van der Waals surface area contributed by atoms with Crippen molar-refractivity contribution in [2.75, 3.05) is 33.0 Å². The molecule has 286 valence electrons. The van der Waals surface area contributed by atoms with E-state index in [9.17, 15) is 0 Å². The number of allylic oxidation sites excluding steroid dienone is 4. The fourth-order valence-electron chi connectivity index (χ4n) is 6.49. The maximum atomic E-state index is 6.81. The standard InChI is InChI=1S/C44H88N2O2/c1-3-5-7-9-11-13-15-17-19-21-23-25-27-29-31-33-40-47-42-37-44(46,36-35-39-45)38-43-48-41-34-32-30-28-26-24-22-20-18-16-14-12-10-8-6-4-2/h17-20H,3-16,21-43,45-46H2,1-2H3/b19-17-,20-18-. The second-order valence-electron chi connectivity index (χ2n) is 14.9. The van der Waals surface area contributed by atoms with Gasteiger partial charge in [-0.3, -0.25) is 0 Å². The predicted octanol–water partition coefficient (Wildman–Crippen LogP) is 13.3. The van der Waals surface area contributed by atoms with Gasteiger partial charge in [0.2, 0.25) is 0 Å². The topological polar surface area (TPSA) is 70.5 Å². The molecule has 0 atom stereocenters. The van der Waals surface area contributed by atoms with Crippen LogP contribution in [0.15, 0.2) is 24.3 Å². The van der Waals surface area contributed by atoms with Crippen molar-refractivity contribution in [1.29, 1.82) is 0 Å². The van der Waals surface area contributed by atoms with Crippen LogP contribution in [0, 0.1) is 0 Å². The molecule has 0 amide bonds. The first kappa shape index (κ1) is 47.3. The summed E-state index contributed by atoms with van der Waals surface area (Å²) in [5.41, 5.74) is 12.4. The highest BCUT2D eigenvalue weighted by Crippen LogP contribution is 2.20. The first-order chi connectivity index (χ1) is 23.7. The number of rotatable bonds is 41. The third-order valence-electron chi connectivity index (χ3n) is 9.97. The maximum Gasteiger partial charge on any atom is 0.0483 e. The highest BCUT2D eigenvalue weighted by Gasteiger charge is 2.24. The van der Waals surface area contributed by atoms with E-state index in [1.807, 2.05) is 0 Å². The van der Waals surface area contributed by atoms with E-state index in [0.717, 1.165) is 65.0 Å². The van der Waals surface area contributed by atoms with E-state index < -0.39 is 0 Å². The van der Waals surface area contributed by atoms with Crippen molar-refractivity contribution in [3.8, 4) is 0 Å². The normalized spacial score (nSPS) is 12.3. The van der Waals surface area contributed by atoms with E-state index in [-0.39, 0.29) is 5.54 Å². The Balaban J connectivity index is 3.61. The second kappa shape index (κ2) is 40.7. The van der Waals surface area contributed by atoms with Crippen molar-refractivity contribution in [3.63, 3.8) is 0 Å². The van der Waals surface area contributed by atoms with Gasteiger partial charge in [-0.25, -0.2) is 0 Å². The van der Waals surface area contributed by atoms with Gasteiger partial charge in [0.1, 0.15) is 0 Å². The van der Waals surface area contributed by atoms with E-state index >= 15 is 0 Å². The van der Waals surface area contributed by atoms with Crippen LogP contribution >= 0.6 is 0 Å². The van der Waals surface area contributed by atoms with Gasteiger partial charge in [0.25, 0.3) is 0 Å². The maximum absolute atomic E-state index is 6.81. The fraction of sp³-hybridized carbons (Fsp3) is 0.909. The van der Waals surface area contributed by atoms with Crippen LogP contribution < -0.4 is 11.5 Å². The summed E-state index contributed by atoms with van der Waals surface area (Å²) in [7, 11) is 0. The van der Waals surface area contributed by atoms with Gasteiger partial charge in [0, 0.05) is 32.0 Å². The Morgan fingerprint density at radius 2 is 0.688 bits per heavy atom. The molecule has 0 aliphatic heterocycles. The van der Waals surface area contributed by atoms with Crippen molar-refractivity contribution >= 4 is 0 Å². The van der Waals surface area contributed by atoms with Gasteiger partial charge >= 0.3 is 0 Å². The van der Waals surface area contributed by atoms with E-state index in [2.05, 4.69) is 38.2 Å². The fourth-order valence-corrected chi connectivity index (χ4v) is 6.49. The van der Waals surface area contributed by atoms with Crippen LogP contribution in [0.5, 0.6) is 0 Å². The van der Waals surface area contributed by atoms with Gasteiger partial charge in [-0.05, 0) is 96.4 Å². The average molecular weight is 677 g/mol. The van der Waals surface area contributed by atoms with Crippen molar-refractivity contribution in [3.05, 3.63) is 24.3 Å². The lowest BCUT2D eigenvalue weighted by atomic mass is 9.88. The first-order valence-corrected chi connectivity index (χ1v) is 21.6. The van der Waals surface area contributed by atoms with Gasteiger partial charge in [0.15, 0.2) is 0 Å². The van der Waals surface area contributed by atoms with Crippen molar-refractivity contribution in [2.24, 2.45) is 11.5 Å². The van der Waals surface area contributed by atoms with Crippen LogP contribution in [0.25, 0.3) is 0 Å². The van der Waals surface area contributed by atoms with Crippen molar-refractivity contribution in [1.82, 2.24) is 0 Å². The van der Waals surface area contributed by atoms with E-state index in [1.54, 1.807) is 0 Å². The summed E-state index contributed by atoms with van der Waals surface area (Å²) in [5, 5.41) is 0. The summed E-state index contributed by atoms with van der Waals surface area (Å²) in [6.45, 7) is 8.50. The lowest BCUT2D eigenvalue weighted by Crippen LogP contribution is -2.42. The largest absolute Gasteiger partial charge is 0.381 e. The van der Waals surface area contributed by atoms with Crippen LogP contribution in [0.3, 0.4) is 0 Å². The summed E-state index contributed by atoms with van der Waals surface area (Å²) in [6, 6.07) is 0. The van der Waals surface area contributed by atoms with Gasteiger partial charge < -0.3 is 20.9 Å². The number of unbranched alkanes of at least 4 members (excludes halogenated alkanes) is 24. The summed E-state index contributed by atoms with van der Waals surface area (Å²) in [6.07, 6.45) is 50.8. The Bertz CT molecular complexity index is 602. The molecule has 0 unspecified atom stereocenters. The summed E-state index contributed by atoms with van der Waals surface area (Å²) in [5.74, 6) is 0. The Kier molecular flexibility index (Phi) is 40.2. The third kappa shape index (κ3) is 38.1. The molecule has 0 aromatic rings. The lowest BCUT2D eigenvalue weighted by molar-refractivity contribution is 0.0813. The summed E-state index contributed by atoms with van der Waals surface area (Å²) in [4.78, 5) is 0. The Morgan fingerprint density at radius 3 is 1.02 bits per heavy atom. The van der Waals surface area contributed by atoms with E-state index in [1.165, 1.54) is 167 Å². The zero-order valence-corrected chi connectivity index (χ0v) is 32.9. The minimum atomic E-state index is -0.217. The highest BCUT2D eigenvalue weighted by atomic mass is 16.5. The number of nitrogens with two attached hydrogens (primary N) is 2. The molecule has 0 rings (SSSR count). The third-order valence-corrected chi connectivity index (χ3v) is 9.97. The van der Waals surface area contributed by atoms with E-state index in [4.69, 9.17) is 20.9 Å². The zero-order valence-electron chi connectivity index (χ0n) is 32.9. The molecular weight excluding hydrogens is 588 g/mol. The van der Waals surface area contributed by atoms with Crippen LogP contribution in [-0.4, -0.2) is 38.5 Å². The SMILES string of the molecule is CCCCCCCC/C=C\CCCCCCCCOCCC(N)(CCCN)CCOCCCCCCCC/C=C\CCCCCCCC. The summed E-state index contributed by atoms with van der Waals surface area (Å²) < 4.78 is 12.0. The van der Waals surface area contributed by atoms with Crippen molar-refractivity contribution in [2.45, 2.75) is 225 Å². The monoisotopic (exact) mass is 677 g/mol. The molecular formula is C44H88N2O2. The molecule has 0 saturated heterocycles. The smallest absolute Gasteiger partial charge is 0.0483 e. The minimum absolute atomic E-state index is 0.217. The quantitative estimate of drug-likeness (QED) is 0.0499. The molecule has 4 heteroatoms. The predicted molar refractivity (Wildman–Crippen MR) is 215 cm³/mol. The molecule has 48 heavy (non-hydrogen) atoms. The lowest BCUT2D eigenvalue weighted by Gasteiger charge is -2.29. The highest BCUT2D eigenvalue weighted by molar-refractivity contribution is 4.84. The molecule has 0 bridgehead atoms. The molecule has 0 aromatic carbocycles. The van der Waals surface area contributed by atoms with Gasteiger partial charge in [-0.1, -0.05) is 154 Å². The molecule has 0 aromatic heterocycles. The zero-order chi connectivity index (χ0) is 34.9. The average Bonchev–Trinajstić information content (AvgIpc) is 3.09. The van der Waals surface area contributed by atoms with Crippen LogP contribution in [0.4, 0.5) is 0 Å². The minimum Gasteiger partial charge on any atom is -0.381 e. The Labute approximate surface area is 302 Å². The molecule has 0 saturated carbocycles. The molecule has 0 heterocycles. The molecule has 0 aliphatic carbocycles. The Hall–Kier alpha value is -0.680. The van der Waals surface area contributed by atoms with Crippen LogP contribution in [0.1, 0.15) is 219 Å². The van der Waals surface area contributed by atoms with Gasteiger partial charge in [-0.2, -0.15) is 0 Å². The Morgan fingerprint density at radius 1 is 0.375 bits per heavy atom. The molecule has 4 N–H and O–H groups in total. The molecule has 0 aliphatic rings. The van der Waals surface area contributed by atoms with Crippen molar-refractivity contribution < 1.29 is 9.47 Å². The van der Waals surface area contributed by atoms with Crippen LogP contribution in [0.2, 0.25) is 0 Å². The molecule has 0 fully saturated rings. The van der Waals surface area contributed by atoms with Crippen LogP contribution in [-0.2, 0) is 9.47 Å². The molecule has 4 nitrogen and oxygen atoms in total. The van der Waals surface area contributed by atoms with Gasteiger partial charge in [0.05, 0.1) is 0 Å². The molecule has 0 spiro atoms. The molecule has 0 radical (unpaired) electrons. The second-order valence-corrected chi connectivity index (χ2v) is 14.9. The first-order valence-electron chi connectivity index (χ1n) is 21.6.